The number of amides is 2. The van der Waals surface area contributed by atoms with Crippen LogP contribution in [0.15, 0.2) is 18.3 Å². The minimum absolute atomic E-state index is 0.0109. The van der Waals surface area contributed by atoms with Gasteiger partial charge in [-0.2, -0.15) is 13.2 Å². The van der Waals surface area contributed by atoms with E-state index in [0.717, 1.165) is 31.2 Å². The number of nitrogens with one attached hydrogen (secondary N) is 1. The van der Waals surface area contributed by atoms with Crippen LogP contribution in [0.25, 0.3) is 0 Å². The largest absolute Gasteiger partial charge is 0.433 e. The first kappa shape index (κ1) is 17.7. The molecule has 1 aromatic heterocycles. The SMILES string of the molecule is C[C@@H](NC(=O)c1ccc(C(F)(F)F)nc1)C(=O)N1CCC2(CC1)CC2. The molecule has 1 aromatic rings. The highest BCUT2D eigenvalue weighted by Gasteiger charge is 2.45. The number of hydrogen-bond donors (Lipinski definition) is 1. The first-order valence-electron chi connectivity index (χ1n) is 8.33. The van der Waals surface area contributed by atoms with Gasteiger partial charge in [-0.05, 0) is 50.2 Å². The standard InChI is InChI=1S/C17H20F3N3O2/c1-11(15(25)23-8-6-16(4-5-16)7-9-23)22-14(24)12-2-3-13(21-10-12)17(18,19)20/h2-3,10-11H,4-9H2,1H3,(H,22,24)/t11-/m1/s1. The average Bonchev–Trinajstić information content (AvgIpc) is 3.33. The molecule has 5 nitrogen and oxygen atoms in total. The van der Waals surface area contributed by atoms with Crippen molar-refractivity contribution >= 4 is 11.8 Å². The number of hydrogen-bond acceptors (Lipinski definition) is 3. The second kappa shape index (κ2) is 6.31. The van der Waals surface area contributed by atoms with Crippen LogP contribution in [-0.4, -0.2) is 40.8 Å². The number of halogens is 3. The van der Waals surface area contributed by atoms with Gasteiger partial charge >= 0.3 is 6.18 Å². The number of carbonyl (C=O) groups is 2. The monoisotopic (exact) mass is 355 g/mol. The van der Waals surface area contributed by atoms with Crippen LogP contribution < -0.4 is 5.32 Å². The lowest BCUT2D eigenvalue weighted by atomic mass is 9.93. The summed E-state index contributed by atoms with van der Waals surface area (Å²) in [5.74, 6) is -0.776. The zero-order valence-electron chi connectivity index (χ0n) is 13.9. The van der Waals surface area contributed by atoms with Gasteiger partial charge in [-0.3, -0.25) is 14.6 Å². The Hall–Kier alpha value is -2.12. The first-order valence-corrected chi connectivity index (χ1v) is 8.33. The van der Waals surface area contributed by atoms with Crippen molar-refractivity contribution in [3.05, 3.63) is 29.6 Å². The minimum Gasteiger partial charge on any atom is -0.341 e. The van der Waals surface area contributed by atoms with Crippen LogP contribution in [0.5, 0.6) is 0 Å². The molecule has 3 rings (SSSR count). The van der Waals surface area contributed by atoms with Crippen LogP contribution >= 0.6 is 0 Å². The predicted octanol–water partition coefficient (Wildman–Crippen LogP) is 2.62. The van der Waals surface area contributed by atoms with Gasteiger partial charge in [0.1, 0.15) is 11.7 Å². The van der Waals surface area contributed by atoms with Crippen molar-refractivity contribution in [2.24, 2.45) is 5.41 Å². The second-order valence-electron chi connectivity index (χ2n) is 6.95. The Morgan fingerprint density at radius 2 is 1.84 bits per heavy atom. The van der Waals surface area contributed by atoms with Crippen molar-refractivity contribution in [2.75, 3.05) is 13.1 Å². The summed E-state index contributed by atoms with van der Waals surface area (Å²) in [5.41, 5.74) is -0.617. The van der Waals surface area contributed by atoms with Gasteiger partial charge in [0.05, 0.1) is 5.56 Å². The Balaban J connectivity index is 1.55. The molecule has 1 spiro atoms. The minimum atomic E-state index is -4.55. The fourth-order valence-corrected chi connectivity index (χ4v) is 3.19. The number of likely N-dealkylation sites (tertiary alicyclic amines) is 1. The molecule has 2 amide bonds. The van der Waals surface area contributed by atoms with Crippen LogP contribution in [-0.2, 0) is 11.0 Å². The van der Waals surface area contributed by atoms with Crippen molar-refractivity contribution in [2.45, 2.75) is 44.8 Å². The molecule has 8 heteroatoms. The van der Waals surface area contributed by atoms with Gasteiger partial charge in [-0.15, -0.1) is 0 Å². The number of aromatic nitrogens is 1. The van der Waals surface area contributed by atoms with E-state index in [4.69, 9.17) is 0 Å². The van der Waals surface area contributed by atoms with Crippen molar-refractivity contribution in [3.63, 3.8) is 0 Å². The highest BCUT2D eigenvalue weighted by Crippen LogP contribution is 2.53. The quantitative estimate of drug-likeness (QED) is 0.907. The summed E-state index contributed by atoms with van der Waals surface area (Å²) in [6.07, 6.45) is 0.799. The molecule has 0 radical (unpaired) electrons. The molecule has 1 aliphatic carbocycles. The molecule has 0 aromatic carbocycles. The topological polar surface area (TPSA) is 62.3 Å². The maximum absolute atomic E-state index is 12.5. The number of pyridine rings is 1. The third kappa shape index (κ3) is 3.93. The molecule has 2 heterocycles. The molecule has 25 heavy (non-hydrogen) atoms. The van der Waals surface area contributed by atoms with E-state index in [2.05, 4.69) is 10.3 Å². The molecule has 1 N–H and O–H groups in total. The van der Waals surface area contributed by atoms with E-state index >= 15 is 0 Å². The van der Waals surface area contributed by atoms with Gasteiger partial charge < -0.3 is 10.2 Å². The Bertz CT molecular complexity index is 659. The zero-order chi connectivity index (χ0) is 18.2. The summed E-state index contributed by atoms with van der Waals surface area (Å²) >= 11 is 0. The van der Waals surface area contributed by atoms with Crippen LogP contribution in [0.3, 0.4) is 0 Å². The van der Waals surface area contributed by atoms with E-state index in [9.17, 15) is 22.8 Å². The number of alkyl halides is 3. The summed E-state index contributed by atoms with van der Waals surface area (Å²) in [7, 11) is 0. The molecular weight excluding hydrogens is 335 g/mol. The average molecular weight is 355 g/mol. The molecule has 2 fully saturated rings. The Labute approximate surface area is 143 Å². The molecule has 2 aliphatic rings. The van der Waals surface area contributed by atoms with E-state index in [-0.39, 0.29) is 11.5 Å². The van der Waals surface area contributed by atoms with Crippen molar-refractivity contribution in [1.29, 1.82) is 0 Å². The molecule has 1 saturated heterocycles. The maximum atomic E-state index is 12.5. The maximum Gasteiger partial charge on any atom is 0.433 e. The third-order valence-corrected chi connectivity index (χ3v) is 5.13. The summed E-state index contributed by atoms with van der Waals surface area (Å²) in [6, 6.07) is 1.07. The van der Waals surface area contributed by atoms with Gasteiger partial charge in [-0.25, -0.2) is 0 Å². The van der Waals surface area contributed by atoms with Crippen LogP contribution in [0.2, 0.25) is 0 Å². The summed E-state index contributed by atoms with van der Waals surface area (Å²) in [6.45, 7) is 2.97. The fourth-order valence-electron chi connectivity index (χ4n) is 3.19. The first-order chi connectivity index (χ1) is 11.7. The van der Waals surface area contributed by atoms with Gasteiger partial charge in [0, 0.05) is 19.3 Å². The molecule has 1 atom stereocenters. The molecule has 0 unspecified atom stereocenters. The third-order valence-electron chi connectivity index (χ3n) is 5.13. The van der Waals surface area contributed by atoms with Crippen molar-refractivity contribution < 1.29 is 22.8 Å². The van der Waals surface area contributed by atoms with E-state index in [1.165, 1.54) is 12.8 Å². The second-order valence-corrected chi connectivity index (χ2v) is 6.95. The molecule has 0 bridgehead atoms. The van der Waals surface area contributed by atoms with Crippen molar-refractivity contribution in [1.82, 2.24) is 15.2 Å². The van der Waals surface area contributed by atoms with Gasteiger partial charge in [-0.1, -0.05) is 0 Å². The van der Waals surface area contributed by atoms with Gasteiger partial charge in [0.25, 0.3) is 5.91 Å². The van der Waals surface area contributed by atoms with E-state index in [1.54, 1.807) is 11.8 Å². The van der Waals surface area contributed by atoms with Gasteiger partial charge in [0.2, 0.25) is 5.91 Å². The van der Waals surface area contributed by atoms with Crippen molar-refractivity contribution in [3.8, 4) is 0 Å². The smallest absolute Gasteiger partial charge is 0.341 e. The zero-order valence-corrected chi connectivity index (χ0v) is 13.9. The predicted molar refractivity (Wildman–Crippen MR) is 83.6 cm³/mol. The summed E-state index contributed by atoms with van der Waals surface area (Å²) in [4.78, 5) is 29.5. The summed E-state index contributed by atoms with van der Waals surface area (Å²) < 4.78 is 37.5. The van der Waals surface area contributed by atoms with E-state index < -0.39 is 23.8 Å². The Morgan fingerprint density at radius 1 is 1.20 bits per heavy atom. The number of carbonyl (C=O) groups excluding carboxylic acids is 2. The fraction of sp³-hybridized carbons (Fsp3) is 0.588. The molecule has 136 valence electrons. The lowest BCUT2D eigenvalue weighted by Gasteiger charge is -2.33. The molecular formula is C17H20F3N3O2. The normalized spacial score (nSPS) is 20.2. The number of rotatable bonds is 3. The Kier molecular flexibility index (Phi) is 4.47. The highest BCUT2D eigenvalue weighted by atomic mass is 19.4. The van der Waals surface area contributed by atoms with E-state index in [0.29, 0.717) is 18.5 Å². The van der Waals surface area contributed by atoms with Crippen LogP contribution in [0.1, 0.15) is 48.7 Å². The Morgan fingerprint density at radius 3 is 2.32 bits per heavy atom. The van der Waals surface area contributed by atoms with E-state index in [1.807, 2.05) is 0 Å². The highest BCUT2D eigenvalue weighted by molar-refractivity contribution is 5.97. The number of piperidine rings is 1. The summed E-state index contributed by atoms with van der Waals surface area (Å²) in [5, 5.41) is 2.54. The molecule has 1 aliphatic heterocycles. The molecule has 1 saturated carbocycles. The lowest BCUT2D eigenvalue weighted by molar-refractivity contribution is -0.141. The van der Waals surface area contributed by atoms with Crippen LogP contribution in [0, 0.1) is 5.41 Å². The van der Waals surface area contributed by atoms with Gasteiger partial charge in [0.15, 0.2) is 0 Å². The van der Waals surface area contributed by atoms with Crippen LogP contribution in [0.4, 0.5) is 13.2 Å². The lowest BCUT2D eigenvalue weighted by Crippen LogP contribution is -2.49. The number of nitrogens with zero attached hydrogens (tertiary/aromatic N) is 2.